The summed E-state index contributed by atoms with van der Waals surface area (Å²) >= 11 is 0. The predicted molar refractivity (Wildman–Crippen MR) is 66.0 cm³/mol. The fraction of sp³-hybridized carbons (Fsp3) is 1.00. The van der Waals surface area contributed by atoms with Crippen LogP contribution >= 0.6 is 0 Å². The van der Waals surface area contributed by atoms with Gasteiger partial charge in [0.2, 0.25) is 0 Å². The fourth-order valence-electron chi connectivity index (χ4n) is 2.97. The number of rotatable bonds is 7. The molecule has 0 aliphatic heterocycles. The van der Waals surface area contributed by atoms with E-state index in [4.69, 9.17) is 0 Å². The number of nitrogens with one attached hydrogen (secondary N) is 1. The fourth-order valence-corrected chi connectivity index (χ4v) is 2.97. The Morgan fingerprint density at radius 3 is 2.27 bits per heavy atom. The van der Waals surface area contributed by atoms with E-state index >= 15 is 0 Å². The first-order chi connectivity index (χ1) is 7.28. The Hall–Kier alpha value is -0.0400. The van der Waals surface area contributed by atoms with Gasteiger partial charge in [0.05, 0.1) is 0 Å². The van der Waals surface area contributed by atoms with Crippen LogP contribution in [-0.2, 0) is 0 Å². The maximum Gasteiger partial charge on any atom is 0.00684 e. The topological polar surface area (TPSA) is 12.0 Å². The zero-order chi connectivity index (χ0) is 10.7. The van der Waals surface area contributed by atoms with Gasteiger partial charge in [-0.1, -0.05) is 33.1 Å². The van der Waals surface area contributed by atoms with Gasteiger partial charge in [-0.25, -0.2) is 0 Å². The molecule has 0 radical (unpaired) electrons. The lowest BCUT2D eigenvalue weighted by Crippen LogP contribution is -2.42. The van der Waals surface area contributed by atoms with Gasteiger partial charge in [-0.15, -0.1) is 0 Å². The average molecular weight is 209 g/mol. The molecule has 0 spiro atoms. The van der Waals surface area contributed by atoms with Crippen LogP contribution in [0.3, 0.4) is 0 Å². The Morgan fingerprint density at radius 2 is 1.87 bits per heavy atom. The van der Waals surface area contributed by atoms with Gasteiger partial charge in [0.15, 0.2) is 0 Å². The average Bonchev–Trinajstić information content (AvgIpc) is 3.00. The molecule has 0 aromatic heterocycles. The highest BCUT2D eigenvalue weighted by Gasteiger charge is 2.39. The third-order valence-electron chi connectivity index (χ3n) is 4.63. The van der Waals surface area contributed by atoms with Gasteiger partial charge in [-0.2, -0.15) is 0 Å². The summed E-state index contributed by atoms with van der Waals surface area (Å²) < 4.78 is 0. The zero-order valence-electron chi connectivity index (χ0n) is 10.5. The van der Waals surface area contributed by atoms with Gasteiger partial charge in [0.1, 0.15) is 0 Å². The summed E-state index contributed by atoms with van der Waals surface area (Å²) in [5.74, 6) is 0.978. The zero-order valence-corrected chi connectivity index (χ0v) is 10.5. The molecule has 0 unspecified atom stereocenters. The molecule has 2 aliphatic rings. The molecule has 2 saturated carbocycles. The van der Waals surface area contributed by atoms with Gasteiger partial charge in [-0.05, 0) is 43.4 Å². The Kier molecular flexibility index (Phi) is 3.71. The molecule has 1 N–H and O–H groups in total. The summed E-state index contributed by atoms with van der Waals surface area (Å²) in [6.07, 6.45) is 11.6. The highest BCUT2D eigenvalue weighted by Crippen LogP contribution is 2.46. The molecule has 0 saturated heterocycles. The van der Waals surface area contributed by atoms with Crippen molar-refractivity contribution >= 4 is 0 Å². The van der Waals surface area contributed by atoms with E-state index in [-0.39, 0.29) is 0 Å². The lowest BCUT2D eigenvalue weighted by Gasteiger charge is -2.44. The highest BCUT2D eigenvalue weighted by atomic mass is 15.0. The van der Waals surface area contributed by atoms with E-state index in [9.17, 15) is 0 Å². The van der Waals surface area contributed by atoms with Crippen LogP contribution < -0.4 is 5.32 Å². The number of hydrogen-bond acceptors (Lipinski definition) is 1. The van der Waals surface area contributed by atoms with Crippen molar-refractivity contribution < 1.29 is 0 Å². The van der Waals surface area contributed by atoms with Crippen LogP contribution in [0.15, 0.2) is 0 Å². The normalized spacial score (nSPS) is 24.2. The smallest absolute Gasteiger partial charge is 0.00684 e. The molecule has 2 fully saturated rings. The first kappa shape index (κ1) is 11.4. The van der Waals surface area contributed by atoms with E-state index < -0.39 is 0 Å². The minimum Gasteiger partial charge on any atom is -0.313 e. The molecule has 0 aromatic carbocycles. The molecule has 0 atom stereocenters. The molecular formula is C14H27N. The highest BCUT2D eigenvalue weighted by molar-refractivity contribution is 4.93. The van der Waals surface area contributed by atoms with Crippen molar-refractivity contribution in [3.8, 4) is 0 Å². The van der Waals surface area contributed by atoms with Crippen molar-refractivity contribution in [3.63, 3.8) is 0 Å². The van der Waals surface area contributed by atoms with E-state index in [1.165, 1.54) is 57.9 Å². The van der Waals surface area contributed by atoms with Crippen molar-refractivity contribution in [1.29, 1.82) is 0 Å². The summed E-state index contributed by atoms with van der Waals surface area (Å²) in [5, 5.41) is 3.75. The summed E-state index contributed by atoms with van der Waals surface area (Å²) in [6.45, 7) is 6.03. The third-order valence-corrected chi connectivity index (χ3v) is 4.63. The molecule has 1 nitrogen and oxygen atoms in total. The SMILES string of the molecule is CCC(CC)CC1(CNC2CC2)CCC1. The Labute approximate surface area is 95.0 Å². The second kappa shape index (κ2) is 4.86. The van der Waals surface area contributed by atoms with Crippen LogP contribution in [0.5, 0.6) is 0 Å². The Bertz CT molecular complexity index is 188. The molecule has 15 heavy (non-hydrogen) atoms. The first-order valence-electron chi connectivity index (χ1n) is 7.01. The second-order valence-corrected chi connectivity index (χ2v) is 5.90. The molecule has 2 rings (SSSR count). The lowest BCUT2D eigenvalue weighted by atomic mass is 9.63. The van der Waals surface area contributed by atoms with Crippen LogP contribution in [0.4, 0.5) is 0 Å². The van der Waals surface area contributed by atoms with Crippen LogP contribution in [0, 0.1) is 11.3 Å². The van der Waals surface area contributed by atoms with Crippen molar-refractivity contribution in [2.45, 2.75) is 71.3 Å². The molecule has 88 valence electrons. The van der Waals surface area contributed by atoms with Crippen molar-refractivity contribution in [2.24, 2.45) is 11.3 Å². The summed E-state index contributed by atoms with van der Waals surface area (Å²) in [7, 11) is 0. The molecule has 1 heteroatoms. The van der Waals surface area contributed by atoms with Crippen molar-refractivity contribution in [2.75, 3.05) is 6.54 Å². The summed E-state index contributed by atoms with van der Waals surface area (Å²) in [6, 6.07) is 0.893. The first-order valence-corrected chi connectivity index (χ1v) is 7.01. The van der Waals surface area contributed by atoms with E-state index in [1.54, 1.807) is 0 Å². The molecular weight excluding hydrogens is 182 g/mol. The van der Waals surface area contributed by atoms with Gasteiger partial charge in [0, 0.05) is 12.6 Å². The third kappa shape index (κ3) is 2.96. The van der Waals surface area contributed by atoms with E-state index in [1.807, 2.05) is 0 Å². The van der Waals surface area contributed by atoms with Crippen molar-refractivity contribution in [1.82, 2.24) is 5.32 Å². The van der Waals surface area contributed by atoms with Gasteiger partial charge in [-0.3, -0.25) is 0 Å². The molecule has 0 bridgehead atoms. The van der Waals surface area contributed by atoms with Crippen LogP contribution in [0.1, 0.15) is 65.2 Å². The molecule has 2 aliphatic carbocycles. The van der Waals surface area contributed by atoms with Gasteiger partial charge >= 0.3 is 0 Å². The van der Waals surface area contributed by atoms with Crippen LogP contribution in [-0.4, -0.2) is 12.6 Å². The summed E-state index contributed by atoms with van der Waals surface area (Å²) in [4.78, 5) is 0. The largest absolute Gasteiger partial charge is 0.313 e. The van der Waals surface area contributed by atoms with Gasteiger partial charge < -0.3 is 5.32 Å². The van der Waals surface area contributed by atoms with E-state index in [0.29, 0.717) is 5.41 Å². The summed E-state index contributed by atoms with van der Waals surface area (Å²) in [5.41, 5.74) is 0.708. The minimum absolute atomic E-state index is 0.708. The minimum atomic E-state index is 0.708. The monoisotopic (exact) mass is 209 g/mol. The number of hydrogen-bond donors (Lipinski definition) is 1. The molecule has 0 heterocycles. The maximum absolute atomic E-state index is 3.75. The predicted octanol–water partition coefficient (Wildman–Crippen LogP) is 3.74. The van der Waals surface area contributed by atoms with Crippen LogP contribution in [0.25, 0.3) is 0 Å². The van der Waals surface area contributed by atoms with Crippen molar-refractivity contribution in [3.05, 3.63) is 0 Å². The Balaban J connectivity index is 1.77. The van der Waals surface area contributed by atoms with Crippen LogP contribution in [0.2, 0.25) is 0 Å². The lowest BCUT2D eigenvalue weighted by molar-refractivity contribution is 0.0882. The van der Waals surface area contributed by atoms with E-state index in [0.717, 1.165) is 12.0 Å². The molecule has 0 amide bonds. The Morgan fingerprint density at radius 1 is 1.20 bits per heavy atom. The van der Waals surface area contributed by atoms with E-state index in [2.05, 4.69) is 19.2 Å². The molecule has 0 aromatic rings. The maximum atomic E-state index is 3.75. The second-order valence-electron chi connectivity index (χ2n) is 5.90. The quantitative estimate of drug-likeness (QED) is 0.673. The standard InChI is InChI=1S/C14H27N/c1-3-12(4-2)10-14(8-5-9-14)11-15-13-6-7-13/h12-13,15H,3-11H2,1-2H3. The van der Waals surface area contributed by atoms with Gasteiger partial charge in [0.25, 0.3) is 0 Å².